The minimum absolute atomic E-state index is 0.273. The van der Waals surface area contributed by atoms with Crippen LogP contribution >= 0.6 is 0 Å². The highest BCUT2D eigenvalue weighted by molar-refractivity contribution is 5.95. The Morgan fingerprint density at radius 2 is 2.42 bits per heavy atom. The molecular weight excluding hydrogens is 156 g/mol. The first-order chi connectivity index (χ1) is 5.79. The molecule has 0 unspecified atom stereocenters. The van der Waals surface area contributed by atoms with Crippen LogP contribution in [0.2, 0.25) is 0 Å². The van der Waals surface area contributed by atoms with Crippen molar-refractivity contribution in [3.63, 3.8) is 0 Å². The summed E-state index contributed by atoms with van der Waals surface area (Å²) in [6, 6.07) is 3.23. The van der Waals surface area contributed by atoms with E-state index in [1.165, 1.54) is 6.20 Å². The smallest absolute Gasteiger partial charge is 0.337 e. The van der Waals surface area contributed by atoms with E-state index in [0.717, 1.165) is 0 Å². The topological polar surface area (TPSA) is 54.6 Å². The Hall–Kier alpha value is -1.84. The first kappa shape index (κ1) is 6.84. The van der Waals surface area contributed by atoms with Crippen molar-refractivity contribution in [1.29, 1.82) is 0 Å². The second-order valence-electron chi connectivity index (χ2n) is 2.41. The van der Waals surface area contributed by atoms with E-state index in [1.807, 2.05) is 0 Å². The van der Waals surface area contributed by atoms with E-state index in [-0.39, 0.29) is 5.56 Å². The van der Waals surface area contributed by atoms with Gasteiger partial charge in [0.05, 0.1) is 23.6 Å². The van der Waals surface area contributed by atoms with Crippen LogP contribution in [0.5, 0.6) is 0 Å². The van der Waals surface area contributed by atoms with Gasteiger partial charge < -0.3 is 9.51 Å². The third-order valence-corrected chi connectivity index (χ3v) is 1.68. The second-order valence-corrected chi connectivity index (χ2v) is 2.41. The molecule has 0 aromatic carbocycles. The number of fused-ring (bicyclic) bond motifs is 1. The molecule has 2 aromatic rings. The SMILES string of the molecule is O=C(O)c1cccn2cncc12. The maximum atomic E-state index is 10.7. The van der Waals surface area contributed by atoms with Crippen molar-refractivity contribution in [2.24, 2.45) is 0 Å². The summed E-state index contributed by atoms with van der Waals surface area (Å²) >= 11 is 0. The fraction of sp³-hybridized carbons (Fsp3) is 0. The summed E-state index contributed by atoms with van der Waals surface area (Å²) in [6.07, 6.45) is 4.86. The lowest BCUT2D eigenvalue weighted by atomic mass is 10.2. The van der Waals surface area contributed by atoms with E-state index < -0.39 is 5.97 Å². The Morgan fingerprint density at radius 3 is 3.17 bits per heavy atom. The maximum Gasteiger partial charge on any atom is 0.337 e. The minimum atomic E-state index is -0.930. The number of aromatic nitrogens is 2. The van der Waals surface area contributed by atoms with Gasteiger partial charge in [-0.3, -0.25) is 0 Å². The van der Waals surface area contributed by atoms with Crippen LogP contribution in [0.4, 0.5) is 0 Å². The van der Waals surface area contributed by atoms with Crippen molar-refractivity contribution in [2.45, 2.75) is 0 Å². The van der Waals surface area contributed by atoms with Crippen molar-refractivity contribution >= 4 is 11.5 Å². The number of aromatic carboxylic acids is 1. The van der Waals surface area contributed by atoms with Gasteiger partial charge in [0.15, 0.2) is 0 Å². The Morgan fingerprint density at radius 1 is 1.58 bits per heavy atom. The van der Waals surface area contributed by atoms with Crippen LogP contribution in [0.25, 0.3) is 5.52 Å². The number of carboxylic acid groups (broad SMARTS) is 1. The van der Waals surface area contributed by atoms with E-state index in [2.05, 4.69) is 4.98 Å². The Kier molecular flexibility index (Phi) is 1.33. The number of rotatable bonds is 1. The normalized spacial score (nSPS) is 10.3. The summed E-state index contributed by atoms with van der Waals surface area (Å²) in [5, 5.41) is 8.76. The molecule has 0 radical (unpaired) electrons. The molecule has 0 atom stereocenters. The van der Waals surface area contributed by atoms with Crippen LogP contribution in [0, 0.1) is 0 Å². The monoisotopic (exact) mass is 162 g/mol. The molecule has 12 heavy (non-hydrogen) atoms. The molecule has 0 amide bonds. The van der Waals surface area contributed by atoms with Crippen molar-refractivity contribution in [3.05, 3.63) is 36.4 Å². The summed E-state index contributed by atoms with van der Waals surface area (Å²) in [6.45, 7) is 0. The Balaban J connectivity index is 2.82. The molecule has 0 bridgehead atoms. The van der Waals surface area contributed by atoms with Crippen LogP contribution in [0.1, 0.15) is 10.4 Å². The molecule has 0 aliphatic rings. The predicted octanol–water partition coefficient (Wildman–Crippen LogP) is 1.03. The van der Waals surface area contributed by atoms with E-state index in [1.54, 1.807) is 29.1 Å². The number of pyridine rings is 1. The number of carboxylic acids is 1. The highest BCUT2D eigenvalue weighted by Crippen LogP contribution is 2.08. The van der Waals surface area contributed by atoms with Crippen LogP contribution in [0.3, 0.4) is 0 Å². The largest absolute Gasteiger partial charge is 0.478 e. The highest BCUT2D eigenvalue weighted by Gasteiger charge is 2.06. The quantitative estimate of drug-likeness (QED) is 0.681. The molecule has 1 N–H and O–H groups in total. The molecule has 60 valence electrons. The second kappa shape index (κ2) is 2.34. The zero-order valence-corrected chi connectivity index (χ0v) is 6.14. The van der Waals surface area contributed by atoms with Crippen LogP contribution in [-0.2, 0) is 0 Å². The number of carbonyl (C=O) groups is 1. The number of imidazole rings is 1. The van der Waals surface area contributed by atoms with Crippen molar-refractivity contribution < 1.29 is 9.90 Å². The van der Waals surface area contributed by atoms with Crippen molar-refractivity contribution in [1.82, 2.24) is 9.38 Å². The average molecular weight is 162 g/mol. The lowest BCUT2D eigenvalue weighted by molar-refractivity contribution is 0.0698. The minimum Gasteiger partial charge on any atom is -0.478 e. The van der Waals surface area contributed by atoms with E-state index >= 15 is 0 Å². The maximum absolute atomic E-state index is 10.7. The first-order valence-corrected chi connectivity index (χ1v) is 3.43. The third-order valence-electron chi connectivity index (χ3n) is 1.68. The molecular formula is C8H6N2O2. The number of nitrogens with zero attached hydrogens (tertiary/aromatic N) is 2. The van der Waals surface area contributed by atoms with Gasteiger partial charge in [0.2, 0.25) is 0 Å². The van der Waals surface area contributed by atoms with E-state index in [0.29, 0.717) is 5.52 Å². The third kappa shape index (κ3) is 0.852. The van der Waals surface area contributed by atoms with Gasteiger partial charge in [-0.25, -0.2) is 9.78 Å². The van der Waals surface area contributed by atoms with Crippen molar-refractivity contribution in [2.75, 3.05) is 0 Å². The van der Waals surface area contributed by atoms with Gasteiger partial charge in [-0.15, -0.1) is 0 Å². The van der Waals surface area contributed by atoms with Crippen LogP contribution in [0.15, 0.2) is 30.9 Å². The fourth-order valence-electron chi connectivity index (χ4n) is 1.13. The molecule has 4 heteroatoms. The van der Waals surface area contributed by atoms with Gasteiger partial charge in [0.25, 0.3) is 0 Å². The van der Waals surface area contributed by atoms with Crippen LogP contribution < -0.4 is 0 Å². The highest BCUT2D eigenvalue weighted by atomic mass is 16.4. The van der Waals surface area contributed by atoms with E-state index in [4.69, 9.17) is 5.11 Å². The van der Waals surface area contributed by atoms with Gasteiger partial charge in [-0.2, -0.15) is 0 Å². The van der Waals surface area contributed by atoms with Crippen LogP contribution in [-0.4, -0.2) is 20.5 Å². The Bertz CT molecular complexity index is 433. The number of hydrogen-bond acceptors (Lipinski definition) is 2. The standard InChI is InChI=1S/C8H6N2O2/c11-8(12)6-2-1-3-10-5-9-4-7(6)10/h1-5H,(H,11,12). The molecule has 0 saturated carbocycles. The zero-order chi connectivity index (χ0) is 8.55. The zero-order valence-electron chi connectivity index (χ0n) is 6.14. The molecule has 0 aliphatic heterocycles. The molecule has 2 aromatic heterocycles. The van der Waals surface area contributed by atoms with Crippen molar-refractivity contribution in [3.8, 4) is 0 Å². The molecule has 0 saturated heterocycles. The molecule has 0 aliphatic carbocycles. The van der Waals surface area contributed by atoms with Gasteiger partial charge in [-0.05, 0) is 12.1 Å². The van der Waals surface area contributed by atoms with Gasteiger partial charge in [0.1, 0.15) is 0 Å². The molecule has 0 spiro atoms. The van der Waals surface area contributed by atoms with E-state index in [9.17, 15) is 4.79 Å². The lowest BCUT2D eigenvalue weighted by Crippen LogP contribution is -1.98. The average Bonchev–Trinajstić information content (AvgIpc) is 2.49. The summed E-state index contributed by atoms with van der Waals surface area (Å²) in [4.78, 5) is 14.5. The molecule has 4 nitrogen and oxygen atoms in total. The predicted molar refractivity (Wildman–Crippen MR) is 42.2 cm³/mol. The van der Waals surface area contributed by atoms with Gasteiger partial charge in [-0.1, -0.05) is 0 Å². The summed E-state index contributed by atoms with van der Waals surface area (Å²) in [5.74, 6) is -0.930. The summed E-state index contributed by atoms with van der Waals surface area (Å²) in [7, 11) is 0. The number of hydrogen-bond donors (Lipinski definition) is 1. The summed E-state index contributed by atoms with van der Waals surface area (Å²) < 4.78 is 1.67. The molecule has 2 rings (SSSR count). The molecule has 2 heterocycles. The Labute approximate surface area is 68.1 Å². The summed E-state index contributed by atoms with van der Waals surface area (Å²) in [5.41, 5.74) is 0.889. The van der Waals surface area contributed by atoms with Gasteiger partial charge in [0, 0.05) is 6.20 Å². The first-order valence-electron chi connectivity index (χ1n) is 3.43. The molecule has 0 fully saturated rings. The van der Waals surface area contributed by atoms with Gasteiger partial charge >= 0.3 is 5.97 Å². The fourth-order valence-corrected chi connectivity index (χ4v) is 1.13. The lowest BCUT2D eigenvalue weighted by Gasteiger charge is -1.96.